The van der Waals surface area contributed by atoms with E-state index in [1.54, 1.807) is 0 Å². The van der Waals surface area contributed by atoms with E-state index in [0.717, 1.165) is 28.9 Å². The second-order valence-corrected chi connectivity index (χ2v) is 5.21. The van der Waals surface area contributed by atoms with E-state index >= 15 is 0 Å². The predicted molar refractivity (Wildman–Crippen MR) is 83.8 cm³/mol. The number of anilines is 1. The lowest BCUT2D eigenvalue weighted by Gasteiger charge is -2.19. The Hall–Kier alpha value is -2.33. The Kier molecular flexibility index (Phi) is 4.95. The van der Waals surface area contributed by atoms with Gasteiger partial charge in [0.1, 0.15) is 0 Å². The van der Waals surface area contributed by atoms with Crippen molar-refractivity contribution in [3.8, 4) is 0 Å². The van der Waals surface area contributed by atoms with Gasteiger partial charge in [0.15, 0.2) is 0 Å². The standard InChI is InChI=1S/C17H20N2O2/c1-19(12-15-8-4-5-9-16(15)18)11-14-7-3-2-6-13(14)10-17(20)21/h2-9H,10-12,18H2,1H3,(H,20,21). The maximum absolute atomic E-state index is 10.9. The first-order valence-electron chi connectivity index (χ1n) is 6.86. The first-order chi connectivity index (χ1) is 10.1. The molecule has 0 aliphatic heterocycles. The summed E-state index contributed by atoms with van der Waals surface area (Å²) in [6.07, 6.45) is 0.0531. The van der Waals surface area contributed by atoms with Crippen LogP contribution in [0.5, 0.6) is 0 Å². The van der Waals surface area contributed by atoms with Crippen molar-refractivity contribution in [2.24, 2.45) is 0 Å². The fraction of sp³-hybridized carbons (Fsp3) is 0.235. The van der Waals surface area contributed by atoms with Gasteiger partial charge in [-0.1, -0.05) is 42.5 Å². The molecule has 110 valence electrons. The van der Waals surface area contributed by atoms with Crippen LogP contribution in [-0.2, 0) is 24.3 Å². The summed E-state index contributed by atoms with van der Waals surface area (Å²) in [5, 5.41) is 8.97. The van der Waals surface area contributed by atoms with Gasteiger partial charge in [0.05, 0.1) is 6.42 Å². The number of hydrogen-bond acceptors (Lipinski definition) is 3. The highest BCUT2D eigenvalue weighted by molar-refractivity contribution is 5.70. The molecule has 0 heterocycles. The molecule has 2 aromatic rings. The smallest absolute Gasteiger partial charge is 0.307 e. The summed E-state index contributed by atoms with van der Waals surface area (Å²) in [5.41, 5.74) is 9.71. The number of nitrogen functional groups attached to an aromatic ring is 1. The van der Waals surface area contributed by atoms with Gasteiger partial charge in [-0.15, -0.1) is 0 Å². The third-order valence-corrected chi connectivity index (χ3v) is 3.40. The van der Waals surface area contributed by atoms with Crippen molar-refractivity contribution < 1.29 is 9.90 Å². The number of carbonyl (C=O) groups is 1. The van der Waals surface area contributed by atoms with Gasteiger partial charge in [-0.2, -0.15) is 0 Å². The van der Waals surface area contributed by atoms with Crippen LogP contribution >= 0.6 is 0 Å². The first-order valence-corrected chi connectivity index (χ1v) is 6.86. The van der Waals surface area contributed by atoms with Crippen molar-refractivity contribution in [2.45, 2.75) is 19.5 Å². The van der Waals surface area contributed by atoms with Gasteiger partial charge in [0, 0.05) is 18.8 Å². The maximum Gasteiger partial charge on any atom is 0.307 e. The molecule has 2 rings (SSSR count). The molecule has 0 saturated heterocycles. The molecular formula is C17H20N2O2. The quantitative estimate of drug-likeness (QED) is 0.800. The van der Waals surface area contributed by atoms with Crippen LogP contribution in [0.4, 0.5) is 5.69 Å². The van der Waals surface area contributed by atoms with Gasteiger partial charge in [0.2, 0.25) is 0 Å². The fourth-order valence-electron chi connectivity index (χ4n) is 2.36. The second-order valence-electron chi connectivity index (χ2n) is 5.21. The molecule has 21 heavy (non-hydrogen) atoms. The molecule has 0 radical (unpaired) electrons. The number of nitrogens with zero attached hydrogens (tertiary/aromatic N) is 1. The number of carboxylic acid groups (broad SMARTS) is 1. The molecular weight excluding hydrogens is 264 g/mol. The van der Waals surface area contributed by atoms with E-state index < -0.39 is 5.97 Å². The molecule has 0 aliphatic rings. The molecule has 0 unspecified atom stereocenters. The number of nitrogens with two attached hydrogens (primary N) is 1. The molecule has 3 N–H and O–H groups in total. The molecule has 0 aliphatic carbocycles. The Morgan fingerprint density at radius 3 is 2.14 bits per heavy atom. The molecule has 0 fully saturated rings. The molecule has 0 aromatic heterocycles. The van der Waals surface area contributed by atoms with E-state index in [4.69, 9.17) is 10.8 Å². The largest absolute Gasteiger partial charge is 0.481 e. The molecule has 0 atom stereocenters. The summed E-state index contributed by atoms with van der Waals surface area (Å²) < 4.78 is 0. The van der Waals surface area contributed by atoms with Crippen LogP contribution in [0.1, 0.15) is 16.7 Å². The Labute approximate surface area is 124 Å². The van der Waals surface area contributed by atoms with Crippen molar-refractivity contribution in [3.05, 3.63) is 65.2 Å². The number of benzene rings is 2. The van der Waals surface area contributed by atoms with E-state index in [0.29, 0.717) is 6.54 Å². The monoisotopic (exact) mass is 284 g/mol. The Bertz CT molecular complexity index is 626. The first kappa shape index (κ1) is 15.1. The zero-order chi connectivity index (χ0) is 15.2. The lowest BCUT2D eigenvalue weighted by molar-refractivity contribution is -0.136. The van der Waals surface area contributed by atoms with Crippen LogP contribution in [0.3, 0.4) is 0 Å². The average Bonchev–Trinajstić information content (AvgIpc) is 2.43. The molecule has 4 heteroatoms. The Morgan fingerprint density at radius 1 is 1.00 bits per heavy atom. The van der Waals surface area contributed by atoms with Crippen LogP contribution in [0.15, 0.2) is 48.5 Å². The van der Waals surface area contributed by atoms with E-state index in [9.17, 15) is 4.79 Å². The lowest BCUT2D eigenvalue weighted by Crippen LogP contribution is -2.19. The summed E-state index contributed by atoms with van der Waals surface area (Å²) in [7, 11) is 2.00. The third-order valence-electron chi connectivity index (χ3n) is 3.40. The summed E-state index contributed by atoms with van der Waals surface area (Å²) >= 11 is 0. The highest BCUT2D eigenvalue weighted by atomic mass is 16.4. The van der Waals surface area contributed by atoms with Gasteiger partial charge in [-0.25, -0.2) is 0 Å². The van der Waals surface area contributed by atoms with Crippen molar-refractivity contribution >= 4 is 11.7 Å². The number of aliphatic carboxylic acids is 1. The van der Waals surface area contributed by atoms with Crippen LogP contribution in [-0.4, -0.2) is 23.0 Å². The van der Waals surface area contributed by atoms with Crippen LogP contribution in [0.2, 0.25) is 0 Å². The molecule has 0 bridgehead atoms. The van der Waals surface area contributed by atoms with E-state index in [2.05, 4.69) is 4.90 Å². The predicted octanol–water partition coefficient (Wildman–Crippen LogP) is 2.53. The van der Waals surface area contributed by atoms with Gasteiger partial charge in [0.25, 0.3) is 0 Å². The highest BCUT2D eigenvalue weighted by Gasteiger charge is 2.09. The lowest BCUT2D eigenvalue weighted by atomic mass is 10.0. The SMILES string of the molecule is CN(Cc1ccccc1N)Cc1ccccc1CC(=O)O. The number of rotatable bonds is 6. The average molecular weight is 284 g/mol. The molecule has 0 saturated carbocycles. The summed E-state index contributed by atoms with van der Waals surface area (Å²) in [6.45, 7) is 1.42. The topological polar surface area (TPSA) is 66.6 Å². The number of carboxylic acids is 1. The Morgan fingerprint density at radius 2 is 1.52 bits per heavy atom. The van der Waals surface area contributed by atoms with Crippen molar-refractivity contribution in [1.82, 2.24) is 4.90 Å². The van der Waals surface area contributed by atoms with E-state index in [1.807, 2.05) is 55.6 Å². The summed E-state index contributed by atoms with van der Waals surface area (Å²) in [6, 6.07) is 15.4. The number of para-hydroxylation sites is 1. The second kappa shape index (κ2) is 6.90. The normalized spacial score (nSPS) is 10.8. The van der Waals surface area contributed by atoms with Crippen molar-refractivity contribution in [1.29, 1.82) is 0 Å². The maximum atomic E-state index is 10.9. The molecule has 0 amide bonds. The number of hydrogen-bond donors (Lipinski definition) is 2. The van der Waals surface area contributed by atoms with Crippen molar-refractivity contribution in [3.63, 3.8) is 0 Å². The van der Waals surface area contributed by atoms with Crippen LogP contribution in [0, 0.1) is 0 Å². The van der Waals surface area contributed by atoms with Gasteiger partial charge in [-0.3, -0.25) is 9.69 Å². The summed E-state index contributed by atoms with van der Waals surface area (Å²) in [5.74, 6) is -0.808. The fourth-order valence-corrected chi connectivity index (χ4v) is 2.36. The van der Waals surface area contributed by atoms with Gasteiger partial charge in [-0.05, 0) is 29.8 Å². The Balaban J connectivity index is 2.08. The van der Waals surface area contributed by atoms with E-state index in [-0.39, 0.29) is 6.42 Å². The summed E-state index contributed by atoms with van der Waals surface area (Å²) in [4.78, 5) is 13.0. The van der Waals surface area contributed by atoms with Gasteiger partial charge < -0.3 is 10.8 Å². The highest BCUT2D eigenvalue weighted by Crippen LogP contribution is 2.16. The zero-order valence-corrected chi connectivity index (χ0v) is 12.1. The minimum atomic E-state index is -0.808. The zero-order valence-electron chi connectivity index (χ0n) is 12.1. The van der Waals surface area contributed by atoms with Crippen LogP contribution in [0.25, 0.3) is 0 Å². The van der Waals surface area contributed by atoms with E-state index in [1.165, 1.54) is 0 Å². The molecule has 2 aromatic carbocycles. The molecule has 4 nitrogen and oxygen atoms in total. The minimum absolute atomic E-state index is 0.0531. The van der Waals surface area contributed by atoms with Crippen molar-refractivity contribution in [2.75, 3.05) is 12.8 Å². The van der Waals surface area contributed by atoms with Crippen LogP contribution < -0.4 is 5.73 Å². The minimum Gasteiger partial charge on any atom is -0.481 e. The van der Waals surface area contributed by atoms with Gasteiger partial charge >= 0.3 is 5.97 Å². The molecule has 0 spiro atoms. The third kappa shape index (κ3) is 4.33.